The molecule has 0 aromatic heterocycles. The van der Waals surface area contributed by atoms with Crippen LogP contribution >= 0.6 is 0 Å². The van der Waals surface area contributed by atoms with Gasteiger partial charge in [0.15, 0.2) is 0 Å². The van der Waals surface area contributed by atoms with Gasteiger partial charge in [-0.15, -0.1) is 0 Å². The molecule has 2 aliphatic heterocycles. The largest absolute Gasteiger partial charge is 0.466 e. The topological polar surface area (TPSA) is 116 Å². The minimum absolute atomic E-state index is 0.00744. The van der Waals surface area contributed by atoms with Gasteiger partial charge >= 0.3 is 5.97 Å². The lowest BCUT2D eigenvalue weighted by Crippen LogP contribution is -2.31. The molecule has 0 radical (unpaired) electrons. The van der Waals surface area contributed by atoms with Crippen molar-refractivity contribution in [3.63, 3.8) is 0 Å². The van der Waals surface area contributed by atoms with E-state index in [1.165, 1.54) is 24.1 Å². The van der Waals surface area contributed by atoms with E-state index >= 15 is 0 Å². The third kappa shape index (κ3) is 3.71. The van der Waals surface area contributed by atoms with Gasteiger partial charge in [0.25, 0.3) is 17.7 Å². The molecule has 2 N–H and O–H groups in total. The highest BCUT2D eigenvalue weighted by atomic mass is 16.5. The quantitative estimate of drug-likeness (QED) is 0.419. The lowest BCUT2D eigenvalue weighted by atomic mass is 10.1. The maximum absolute atomic E-state index is 13.2. The second-order valence-corrected chi connectivity index (χ2v) is 8.16. The molecule has 2 aliphatic rings. The van der Waals surface area contributed by atoms with Crippen molar-refractivity contribution >= 4 is 45.8 Å². The zero-order valence-electron chi connectivity index (χ0n) is 18.8. The first-order valence-corrected chi connectivity index (χ1v) is 10.9. The summed E-state index contributed by atoms with van der Waals surface area (Å²) in [5.74, 6) is -2.06. The molecule has 3 amide bonds. The molecular weight excluding hydrogens is 450 g/mol. The molecule has 35 heavy (non-hydrogen) atoms. The van der Waals surface area contributed by atoms with Crippen molar-refractivity contribution in [1.82, 2.24) is 4.90 Å². The van der Waals surface area contributed by atoms with Crippen molar-refractivity contribution < 1.29 is 29.0 Å². The lowest BCUT2D eigenvalue weighted by molar-refractivity contribution is -0.136. The second-order valence-electron chi connectivity index (χ2n) is 8.16. The number of ether oxygens (including phenoxy) is 1. The molecule has 0 unspecified atom stereocenters. The fourth-order valence-electron chi connectivity index (χ4n) is 4.36. The summed E-state index contributed by atoms with van der Waals surface area (Å²) in [6, 6.07) is 17.6. The number of amides is 3. The van der Waals surface area contributed by atoms with Crippen LogP contribution in [-0.2, 0) is 14.3 Å². The monoisotopic (exact) mass is 471 g/mol. The van der Waals surface area contributed by atoms with E-state index in [0.29, 0.717) is 11.4 Å². The van der Waals surface area contributed by atoms with Crippen LogP contribution in [0, 0.1) is 0 Å². The minimum atomic E-state index is -0.670. The number of anilines is 2. The minimum Gasteiger partial charge on any atom is -0.466 e. The molecule has 5 rings (SSSR count). The maximum Gasteiger partial charge on any atom is 0.337 e. The number of aliphatic hydroxyl groups excluding tert-OH is 1. The number of methoxy groups -OCH3 is 1. The Morgan fingerprint density at radius 2 is 1.69 bits per heavy atom. The summed E-state index contributed by atoms with van der Waals surface area (Å²) in [6.07, 6.45) is 0. The Labute approximate surface area is 200 Å². The number of benzene rings is 3. The van der Waals surface area contributed by atoms with Crippen LogP contribution in [-0.4, -0.2) is 60.5 Å². The molecular formula is C26H21N3O6. The highest BCUT2D eigenvalue weighted by Crippen LogP contribution is 2.33. The van der Waals surface area contributed by atoms with E-state index in [1.54, 1.807) is 18.2 Å². The van der Waals surface area contributed by atoms with E-state index in [9.17, 15) is 24.3 Å². The first-order chi connectivity index (χ1) is 16.9. The Kier molecular flexibility index (Phi) is 5.54. The lowest BCUT2D eigenvalue weighted by Gasteiger charge is -2.15. The number of fused-ring (bicyclic) bond motifs is 2. The predicted octanol–water partition coefficient (Wildman–Crippen LogP) is 2.31. The molecule has 0 fully saturated rings. The molecule has 0 spiro atoms. The van der Waals surface area contributed by atoms with Crippen LogP contribution in [0.15, 0.2) is 71.9 Å². The number of esters is 1. The van der Waals surface area contributed by atoms with Gasteiger partial charge in [0.2, 0.25) is 0 Å². The van der Waals surface area contributed by atoms with E-state index < -0.39 is 23.7 Å². The summed E-state index contributed by atoms with van der Waals surface area (Å²) in [5, 5.41) is 14.0. The van der Waals surface area contributed by atoms with Gasteiger partial charge < -0.3 is 20.1 Å². The molecule has 0 saturated heterocycles. The number of imide groups is 1. The van der Waals surface area contributed by atoms with Gasteiger partial charge in [0.05, 0.1) is 42.6 Å². The van der Waals surface area contributed by atoms with Gasteiger partial charge in [-0.3, -0.25) is 14.4 Å². The number of hydrogen-bond donors (Lipinski definition) is 2. The summed E-state index contributed by atoms with van der Waals surface area (Å²) in [6.45, 7) is -0.206. The number of rotatable bonds is 6. The SMILES string of the molecule is COC(=O)C1=C(Nc2ccc3c(c2)C(=O)N(c2ccc4ccccc4c2)C3=O)C(=O)N(CCO)C1. The molecule has 2 heterocycles. The number of aliphatic hydroxyl groups is 1. The average Bonchev–Trinajstić information content (AvgIpc) is 3.31. The van der Waals surface area contributed by atoms with Gasteiger partial charge in [-0.2, -0.15) is 0 Å². The smallest absolute Gasteiger partial charge is 0.337 e. The Morgan fingerprint density at radius 1 is 0.943 bits per heavy atom. The zero-order valence-corrected chi connectivity index (χ0v) is 18.8. The number of nitrogens with zero attached hydrogens (tertiary/aromatic N) is 2. The van der Waals surface area contributed by atoms with Crippen molar-refractivity contribution in [3.8, 4) is 0 Å². The average molecular weight is 471 g/mol. The standard InChI is InChI=1S/C26H21N3O6/c1-35-26(34)21-14-28(10-11-30)25(33)22(21)27-17-7-9-19-20(13-17)24(32)29(23(19)31)18-8-6-15-4-2-3-5-16(15)12-18/h2-9,12-13,27,30H,10-11,14H2,1H3. The van der Waals surface area contributed by atoms with Gasteiger partial charge in [0, 0.05) is 12.2 Å². The molecule has 9 heteroatoms. The normalized spacial score (nSPS) is 15.3. The fraction of sp³-hybridized carbons (Fsp3) is 0.154. The Hall–Kier alpha value is -4.50. The molecule has 176 valence electrons. The number of β-amino-alcohol motifs (C(OH)–C–C–N with tert-alkyl or cyclic N) is 1. The molecule has 3 aromatic carbocycles. The van der Waals surface area contributed by atoms with E-state index in [0.717, 1.165) is 15.7 Å². The van der Waals surface area contributed by atoms with Gasteiger partial charge in [-0.25, -0.2) is 9.69 Å². The highest BCUT2D eigenvalue weighted by molar-refractivity contribution is 6.35. The van der Waals surface area contributed by atoms with Crippen molar-refractivity contribution in [2.75, 3.05) is 37.0 Å². The van der Waals surface area contributed by atoms with Crippen LogP contribution in [0.3, 0.4) is 0 Å². The van der Waals surface area contributed by atoms with Crippen molar-refractivity contribution in [2.24, 2.45) is 0 Å². The predicted molar refractivity (Wildman–Crippen MR) is 128 cm³/mol. The van der Waals surface area contributed by atoms with Gasteiger partial charge in [0.1, 0.15) is 5.70 Å². The van der Waals surface area contributed by atoms with Gasteiger partial charge in [-0.1, -0.05) is 30.3 Å². The third-order valence-electron chi connectivity index (χ3n) is 6.10. The van der Waals surface area contributed by atoms with Gasteiger partial charge in [-0.05, 0) is 41.1 Å². The Morgan fingerprint density at radius 3 is 2.43 bits per heavy atom. The molecule has 0 aliphatic carbocycles. The first kappa shape index (κ1) is 22.3. The molecule has 9 nitrogen and oxygen atoms in total. The number of nitrogens with one attached hydrogen (secondary N) is 1. The highest BCUT2D eigenvalue weighted by Gasteiger charge is 2.38. The van der Waals surface area contributed by atoms with Crippen LogP contribution in [0.5, 0.6) is 0 Å². The van der Waals surface area contributed by atoms with E-state index in [1.807, 2.05) is 30.3 Å². The van der Waals surface area contributed by atoms with Crippen molar-refractivity contribution in [1.29, 1.82) is 0 Å². The van der Waals surface area contributed by atoms with Crippen LogP contribution in [0.4, 0.5) is 11.4 Å². The fourth-order valence-corrected chi connectivity index (χ4v) is 4.36. The number of carbonyl (C=O) groups is 4. The van der Waals surface area contributed by atoms with Crippen LogP contribution in [0.2, 0.25) is 0 Å². The van der Waals surface area contributed by atoms with E-state index in [2.05, 4.69) is 5.32 Å². The first-order valence-electron chi connectivity index (χ1n) is 10.9. The number of hydrogen-bond acceptors (Lipinski definition) is 7. The summed E-state index contributed by atoms with van der Waals surface area (Å²) < 4.78 is 4.79. The third-order valence-corrected chi connectivity index (χ3v) is 6.10. The Balaban J connectivity index is 1.46. The zero-order chi connectivity index (χ0) is 24.7. The van der Waals surface area contributed by atoms with Crippen LogP contribution in [0.1, 0.15) is 20.7 Å². The summed E-state index contributed by atoms with van der Waals surface area (Å²) in [4.78, 5) is 53.8. The molecule has 0 atom stereocenters. The molecule has 0 saturated carbocycles. The second kappa shape index (κ2) is 8.69. The van der Waals surface area contributed by atoms with Crippen LogP contribution < -0.4 is 10.2 Å². The van der Waals surface area contributed by atoms with Crippen molar-refractivity contribution in [3.05, 3.63) is 83.1 Å². The Bertz CT molecular complexity index is 1440. The maximum atomic E-state index is 13.2. The summed E-state index contributed by atoms with van der Waals surface area (Å²) >= 11 is 0. The summed E-state index contributed by atoms with van der Waals surface area (Å²) in [7, 11) is 1.22. The molecule has 0 bridgehead atoms. The van der Waals surface area contributed by atoms with Crippen molar-refractivity contribution in [2.45, 2.75) is 0 Å². The van der Waals surface area contributed by atoms with E-state index in [-0.39, 0.29) is 42.1 Å². The number of carbonyl (C=O) groups excluding carboxylic acids is 4. The van der Waals surface area contributed by atoms with E-state index in [4.69, 9.17) is 4.74 Å². The molecule has 3 aromatic rings. The summed E-state index contributed by atoms with van der Waals surface area (Å²) in [5.41, 5.74) is 1.38. The van der Waals surface area contributed by atoms with Crippen LogP contribution in [0.25, 0.3) is 10.8 Å².